The molecule has 1 aliphatic rings. The number of tetrazole rings is 1. The summed E-state index contributed by atoms with van der Waals surface area (Å²) in [6.45, 7) is 4.48. The monoisotopic (exact) mass is 240 g/mol. The predicted octanol–water partition coefficient (Wildman–Crippen LogP) is 0.463. The largest absolute Gasteiger partial charge is 0.481 e. The van der Waals surface area contributed by atoms with E-state index in [1.165, 1.54) is 4.68 Å². The lowest BCUT2D eigenvalue weighted by atomic mass is 10.1. The molecule has 0 aromatic carbocycles. The maximum atomic E-state index is 11.1. The van der Waals surface area contributed by atoms with Gasteiger partial charge in [0.1, 0.15) is 6.61 Å². The molecule has 0 atom stereocenters. The van der Waals surface area contributed by atoms with E-state index in [-0.39, 0.29) is 6.10 Å². The molecule has 1 fully saturated rings. The van der Waals surface area contributed by atoms with Crippen LogP contribution in [-0.4, -0.2) is 37.4 Å². The zero-order valence-electron chi connectivity index (χ0n) is 9.96. The fourth-order valence-electron chi connectivity index (χ4n) is 1.57. The number of carbonyl (C=O) groups is 1. The fourth-order valence-corrected chi connectivity index (χ4v) is 1.57. The lowest BCUT2D eigenvalue weighted by Gasteiger charge is -2.11. The average Bonchev–Trinajstić information content (AvgIpc) is 2.90. The van der Waals surface area contributed by atoms with Gasteiger partial charge in [-0.25, -0.2) is 4.68 Å². The summed E-state index contributed by atoms with van der Waals surface area (Å²) in [5.74, 6) is -0.199. The zero-order chi connectivity index (χ0) is 12.5. The molecule has 0 aliphatic heterocycles. The Hall–Kier alpha value is -1.50. The molecule has 0 unspecified atom stereocenters. The Kier molecular flexibility index (Phi) is 3.10. The summed E-state index contributed by atoms with van der Waals surface area (Å²) >= 11 is 0. The summed E-state index contributed by atoms with van der Waals surface area (Å²) in [6.07, 6.45) is 1.47. The summed E-state index contributed by atoms with van der Waals surface area (Å²) < 4.78 is 6.94. The predicted molar refractivity (Wildman–Crippen MR) is 57.0 cm³/mol. The molecule has 17 heavy (non-hydrogen) atoms. The third-order valence-electron chi connectivity index (χ3n) is 2.91. The second-order valence-electron chi connectivity index (χ2n) is 4.70. The second-order valence-corrected chi connectivity index (χ2v) is 4.70. The van der Waals surface area contributed by atoms with E-state index in [9.17, 15) is 4.79 Å². The van der Waals surface area contributed by atoms with Crippen molar-refractivity contribution in [3.63, 3.8) is 0 Å². The van der Waals surface area contributed by atoms with E-state index in [0.717, 1.165) is 0 Å². The van der Waals surface area contributed by atoms with Gasteiger partial charge in [0, 0.05) is 0 Å². The molecule has 2 rings (SSSR count). The van der Waals surface area contributed by atoms with Gasteiger partial charge in [0.15, 0.2) is 5.82 Å². The molecule has 7 heteroatoms. The number of hydrogen-bond acceptors (Lipinski definition) is 5. The minimum Gasteiger partial charge on any atom is -0.481 e. The molecule has 1 aliphatic carbocycles. The van der Waals surface area contributed by atoms with Crippen LogP contribution < -0.4 is 0 Å². The average molecular weight is 240 g/mol. The van der Waals surface area contributed by atoms with Gasteiger partial charge >= 0.3 is 5.97 Å². The first kappa shape index (κ1) is 12.0. The van der Waals surface area contributed by atoms with Crippen molar-refractivity contribution in [2.75, 3.05) is 0 Å². The van der Waals surface area contributed by atoms with E-state index >= 15 is 0 Å². The smallest absolute Gasteiger partial charge is 0.311 e. The standard InChI is InChI=1S/C10H16N4O3/c1-7(2)17-5-8-11-12-13-14(8)6-10(3-4-10)9(15)16/h7H,3-6H2,1-2H3,(H,15,16). The third kappa shape index (κ3) is 2.60. The van der Waals surface area contributed by atoms with Crippen molar-refractivity contribution in [3.05, 3.63) is 5.82 Å². The highest BCUT2D eigenvalue weighted by Gasteiger charge is 2.51. The highest BCUT2D eigenvalue weighted by atomic mass is 16.5. The van der Waals surface area contributed by atoms with Crippen molar-refractivity contribution < 1.29 is 14.6 Å². The van der Waals surface area contributed by atoms with Crippen LogP contribution in [0.2, 0.25) is 0 Å². The van der Waals surface area contributed by atoms with Crippen LogP contribution in [0, 0.1) is 5.41 Å². The first-order valence-electron chi connectivity index (χ1n) is 5.63. The summed E-state index contributed by atoms with van der Waals surface area (Å²) in [6, 6.07) is 0. The van der Waals surface area contributed by atoms with E-state index in [4.69, 9.17) is 9.84 Å². The Bertz CT molecular complexity index is 411. The lowest BCUT2D eigenvalue weighted by Crippen LogP contribution is -2.24. The summed E-state index contributed by atoms with van der Waals surface area (Å²) in [5, 5.41) is 20.3. The fraction of sp³-hybridized carbons (Fsp3) is 0.800. The van der Waals surface area contributed by atoms with Gasteiger partial charge in [-0.05, 0) is 37.1 Å². The van der Waals surface area contributed by atoms with E-state index < -0.39 is 11.4 Å². The SMILES string of the molecule is CC(C)OCc1nnnn1CC1(C(=O)O)CC1. The molecular formula is C10H16N4O3. The van der Waals surface area contributed by atoms with Crippen LogP contribution in [0.25, 0.3) is 0 Å². The highest BCUT2D eigenvalue weighted by Crippen LogP contribution is 2.47. The zero-order valence-corrected chi connectivity index (χ0v) is 9.96. The van der Waals surface area contributed by atoms with Crippen molar-refractivity contribution in [2.45, 2.75) is 45.9 Å². The van der Waals surface area contributed by atoms with E-state index in [1.54, 1.807) is 0 Å². The van der Waals surface area contributed by atoms with Crippen molar-refractivity contribution >= 4 is 5.97 Å². The van der Waals surface area contributed by atoms with E-state index in [0.29, 0.717) is 31.8 Å². The molecule has 0 saturated heterocycles. The molecule has 0 radical (unpaired) electrons. The number of hydrogen-bond donors (Lipinski definition) is 1. The Morgan fingerprint density at radius 3 is 2.82 bits per heavy atom. The van der Waals surface area contributed by atoms with Crippen LogP contribution in [-0.2, 0) is 22.7 Å². The molecule has 0 bridgehead atoms. The molecular weight excluding hydrogens is 224 g/mol. The number of nitrogens with zero attached hydrogens (tertiary/aromatic N) is 4. The van der Waals surface area contributed by atoms with Crippen molar-refractivity contribution in [1.29, 1.82) is 0 Å². The van der Waals surface area contributed by atoms with Crippen molar-refractivity contribution in [3.8, 4) is 0 Å². The molecule has 1 heterocycles. The lowest BCUT2D eigenvalue weighted by molar-refractivity contribution is -0.144. The highest BCUT2D eigenvalue weighted by molar-refractivity contribution is 5.77. The summed E-state index contributed by atoms with van der Waals surface area (Å²) in [7, 11) is 0. The number of carboxylic acid groups (broad SMARTS) is 1. The first-order chi connectivity index (χ1) is 8.03. The molecule has 0 amide bonds. The maximum absolute atomic E-state index is 11.1. The first-order valence-corrected chi connectivity index (χ1v) is 5.63. The summed E-state index contributed by atoms with van der Waals surface area (Å²) in [5.41, 5.74) is -0.665. The second kappa shape index (κ2) is 4.40. The van der Waals surface area contributed by atoms with Gasteiger partial charge in [-0.3, -0.25) is 4.79 Å². The van der Waals surface area contributed by atoms with Crippen LogP contribution >= 0.6 is 0 Å². The Morgan fingerprint density at radius 2 is 2.29 bits per heavy atom. The van der Waals surface area contributed by atoms with E-state index in [1.807, 2.05) is 13.8 Å². The van der Waals surface area contributed by atoms with Crippen molar-refractivity contribution in [1.82, 2.24) is 20.2 Å². The Balaban J connectivity index is 2.02. The maximum Gasteiger partial charge on any atom is 0.311 e. The topological polar surface area (TPSA) is 90.1 Å². The molecule has 1 N–H and O–H groups in total. The molecule has 94 valence electrons. The molecule has 1 aromatic rings. The molecule has 0 spiro atoms. The van der Waals surface area contributed by atoms with Crippen LogP contribution in [0.1, 0.15) is 32.5 Å². The summed E-state index contributed by atoms with van der Waals surface area (Å²) in [4.78, 5) is 11.1. The molecule has 1 saturated carbocycles. The van der Waals surface area contributed by atoms with Crippen LogP contribution in [0.5, 0.6) is 0 Å². The molecule has 7 nitrogen and oxygen atoms in total. The Morgan fingerprint density at radius 1 is 1.59 bits per heavy atom. The van der Waals surface area contributed by atoms with Crippen LogP contribution in [0.15, 0.2) is 0 Å². The molecule has 1 aromatic heterocycles. The van der Waals surface area contributed by atoms with Gasteiger partial charge in [0.05, 0.1) is 18.1 Å². The number of ether oxygens (including phenoxy) is 1. The van der Waals surface area contributed by atoms with Gasteiger partial charge < -0.3 is 9.84 Å². The number of rotatable bonds is 6. The van der Waals surface area contributed by atoms with E-state index in [2.05, 4.69) is 15.5 Å². The van der Waals surface area contributed by atoms with Gasteiger partial charge in [0.2, 0.25) is 0 Å². The van der Waals surface area contributed by atoms with Gasteiger partial charge in [-0.2, -0.15) is 0 Å². The van der Waals surface area contributed by atoms with Crippen molar-refractivity contribution in [2.24, 2.45) is 5.41 Å². The minimum absolute atomic E-state index is 0.0921. The normalized spacial score (nSPS) is 17.4. The third-order valence-corrected chi connectivity index (χ3v) is 2.91. The quantitative estimate of drug-likeness (QED) is 0.777. The van der Waals surface area contributed by atoms with Crippen LogP contribution in [0.4, 0.5) is 0 Å². The van der Waals surface area contributed by atoms with Gasteiger partial charge in [-0.15, -0.1) is 5.10 Å². The number of aromatic nitrogens is 4. The van der Waals surface area contributed by atoms with Crippen LogP contribution in [0.3, 0.4) is 0 Å². The number of carboxylic acids is 1. The van der Waals surface area contributed by atoms with Gasteiger partial charge in [-0.1, -0.05) is 0 Å². The number of aliphatic carboxylic acids is 1. The minimum atomic E-state index is -0.774. The Labute approximate surface area is 98.8 Å². The van der Waals surface area contributed by atoms with Gasteiger partial charge in [0.25, 0.3) is 0 Å².